The normalized spacial score (nSPS) is 22.4. The van der Waals surface area contributed by atoms with Gasteiger partial charge in [-0.1, -0.05) is 39.0 Å². The SMILES string of the molecule is CCCC(CC1(C(=O)NC2(CO)CCCC2)CCCC1)C(=O)OC(C)(C)C. The molecule has 2 saturated carbocycles. The fraction of sp³-hybridized carbons (Fsp3) is 0.909. The minimum atomic E-state index is -0.515. The molecule has 0 heterocycles. The van der Waals surface area contributed by atoms with Crippen LogP contribution < -0.4 is 5.32 Å². The lowest BCUT2D eigenvalue weighted by molar-refractivity contribution is -0.162. The minimum Gasteiger partial charge on any atom is -0.460 e. The third-order valence-corrected chi connectivity index (χ3v) is 6.30. The van der Waals surface area contributed by atoms with Crippen molar-refractivity contribution in [1.82, 2.24) is 5.32 Å². The Morgan fingerprint density at radius 2 is 1.63 bits per heavy atom. The second kappa shape index (κ2) is 8.93. The molecule has 2 N–H and O–H groups in total. The van der Waals surface area contributed by atoms with Crippen LogP contribution in [0, 0.1) is 11.3 Å². The van der Waals surface area contributed by atoms with Crippen molar-refractivity contribution < 1.29 is 19.4 Å². The van der Waals surface area contributed by atoms with Crippen LogP contribution in [-0.4, -0.2) is 34.7 Å². The van der Waals surface area contributed by atoms with Crippen LogP contribution in [0.5, 0.6) is 0 Å². The number of amides is 1. The number of rotatable bonds is 8. The fourth-order valence-corrected chi connectivity index (χ4v) is 4.83. The summed E-state index contributed by atoms with van der Waals surface area (Å²) in [5, 5.41) is 13.1. The molecule has 0 bridgehead atoms. The number of ether oxygens (including phenoxy) is 1. The zero-order valence-electron chi connectivity index (χ0n) is 17.7. The molecule has 0 radical (unpaired) electrons. The summed E-state index contributed by atoms with van der Waals surface area (Å²) in [5.41, 5.74) is -1.47. The number of aliphatic hydroxyl groups is 1. The molecule has 0 aromatic heterocycles. The van der Waals surface area contributed by atoms with Gasteiger partial charge >= 0.3 is 5.97 Å². The molecule has 2 aliphatic carbocycles. The van der Waals surface area contributed by atoms with Gasteiger partial charge in [0.05, 0.1) is 23.5 Å². The number of hydrogen-bond acceptors (Lipinski definition) is 4. The van der Waals surface area contributed by atoms with Crippen LogP contribution in [0.1, 0.15) is 98.3 Å². The van der Waals surface area contributed by atoms with Crippen molar-refractivity contribution in [2.75, 3.05) is 6.61 Å². The standard InChI is InChI=1S/C22H39NO4/c1-5-10-17(18(25)27-20(2,3)4)15-21(11-6-7-12-21)19(26)23-22(16-24)13-8-9-14-22/h17,24H,5-16H2,1-4H3,(H,23,26). The Morgan fingerprint density at radius 1 is 1.07 bits per heavy atom. The Labute approximate surface area is 164 Å². The highest BCUT2D eigenvalue weighted by atomic mass is 16.6. The highest BCUT2D eigenvalue weighted by Gasteiger charge is 2.47. The number of carbonyl (C=O) groups is 2. The minimum absolute atomic E-state index is 0.000720. The highest BCUT2D eigenvalue weighted by Crippen LogP contribution is 2.45. The summed E-state index contributed by atoms with van der Waals surface area (Å²) >= 11 is 0. The molecule has 5 heteroatoms. The lowest BCUT2D eigenvalue weighted by Gasteiger charge is -2.37. The fourth-order valence-electron chi connectivity index (χ4n) is 4.83. The van der Waals surface area contributed by atoms with E-state index in [-0.39, 0.29) is 24.4 Å². The Morgan fingerprint density at radius 3 is 2.11 bits per heavy atom. The van der Waals surface area contributed by atoms with Crippen LogP contribution in [0.15, 0.2) is 0 Å². The van der Waals surface area contributed by atoms with Crippen molar-refractivity contribution in [1.29, 1.82) is 0 Å². The maximum absolute atomic E-state index is 13.4. The summed E-state index contributed by atoms with van der Waals surface area (Å²) in [6.45, 7) is 7.72. The summed E-state index contributed by atoms with van der Waals surface area (Å²) in [6.07, 6.45) is 9.66. The lowest BCUT2D eigenvalue weighted by atomic mass is 9.75. The largest absolute Gasteiger partial charge is 0.460 e. The van der Waals surface area contributed by atoms with Crippen LogP contribution in [0.25, 0.3) is 0 Å². The Hall–Kier alpha value is -1.10. The molecule has 2 fully saturated rings. The van der Waals surface area contributed by atoms with Gasteiger partial charge in [0.15, 0.2) is 0 Å². The van der Waals surface area contributed by atoms with Crippen LogP contribution >= 0.6 is 0 Å². The maximum Gasteiger partial charge on any atom is 0.309 e. The topological polar surface area (TPSA) is 75.6 Å². The second-order valence-corrected chi connectivity index (χ2v) is 9.81. The van der Waals surface area contributed by atoms with Crippen molar-refractivity contribution in [2.45, 2.75) is 109 Å². The lowest BCUT2D eigenvalue weighted by Crippen LogP contribution is -2.54. The molecule has 1 unspecified atom stereocenters. The summed E-state index contributed by atoms with van der Waals surface area (Å²) in [4.78, 5) is 26.1. The summed E-state index contributed by atoms with van der Waals surface area (Å²) in [6, 6.07) is 0. The van der Waals surface area contributed by atoms with Crippen molar-refractivity contribution in [3.63, 3.8) is 0 Å². The number of aliphatic hydroxyl groups excluding tert-OH is 1. The maximum atomic E-state index is 13.4. The third kappa shape index (κ3) is 5.69. The number of carbonyl (C=O) groups excluding carboxylic acids is 2. The van der Waals surface area contributed by atoms with Gasteiger partial charge in [0, 0.05) is 0 Å². The number of hydrogen-bond donors (Lipinski definition) is 2. The van der Waals surface area contributed by atoms with Crippen molar-refractivity contribution in [3.05, 3.63) is 0 Å². The third-order valence-electron chi connectivity index (χ3n) is 6.30. The highest BCUT2D eigenvalue weighted by molar-refractivity contribution is 5.85. The second-order valence-electron chi connectivity index (χ2n) is 9.81. The van der Waals surface area contributed by atoms with E-state index < -0.39 is 16.6 Å². The molecule has 0 aromatic carbocycles. The molecule has 2 rings (SSSR count). The van der Waals surface area contributed by atoms with Gasteiger partial charge in [-0.15, -0.1) is 0 Å². The van der Waals surface area contributed by atoms with Gasteiger partial charge < -0.3 is 15.2 Å². The van der Waals surface area contributed by atoms with E-state index in [9.17, 15) is 14.7 Å². The van der Waals surface area contributed by atoms with Gasteiger partial charge in [-0.05, 0) is 59.3 Å². The average molecular weight is 382 g/mol. The molecular formula is C22H39NO4. The predicted octanol–water partition coefficient (Wildman–Crippen LogP) is 4.12. The van der Waals surface area contributed by atoms with Crippen LogP contribution in [-0.2, 0) is 14.3 Å². The van der Waals surface area contributed by atoms with E-state index in [4.69, 9.17) is 4.74 Å². The molecule has 0 saturated heterocycles. The van der Waals surface area contributed by atoms with Crippen molar-refractivity contribution >= 4 is 11.9 Å². The van der Waals surface area contributed by atoms with Gasteiger partial charge in [-0.3, -0.25) is 9.59 Å². The van der Waals surface area contributed by atoms with E-state index in [1.807, 2.05) is 20.8 Å². The van der Waals surface area contributed by atoms with Crippen LogP contribution in [0.4, 0.5) is 0 Å². The van der Waals surface area contributed by atoms with Gasteiger partial charge in [0.1, 0.15) is 5.60 Å². The zero-order chi connectivity index (χ0) is 20.1. The van der Waals surface area contributed by atoms with E-state index in [2.05, 4.69) is 12.2 Å². The molecule has 5 nitrogen and oxygen atoms in total. The summed E-state index contributed by atoms with van der Waals surface area (Å²) < 4.78 is 5.65. The molecule has 27 heavy (non-hydrogen) atoms. The van der Waals surface area contributed by atoms with Gasteiger partial charge in [0.2, 0.25) is 5.91 Å². The molecule has 0 aliphatic heterocycles. The van der Waals surface area contributed by atoms with E-state index in [0.29, 0.717) is 6.42 Å². The first-order valence-electron chi connectivity index (χ1n) is 10.8. The van der Waals surface area contributed by atoms with E-state index in [1.54, 1.807) is 0 Å². The molecule has 0 spiro atoms. The van der Waals surface area contributed by atoms with E-state index in [1.165, 1.54) is 0 Å². The van der Waals surface area contributed by atoms with Crippen LogP contribution in [0.3, 0.4) is 0 Å². The number of nitrogens with one attached hydrogen (secondary N) is 1. The zero-order valence-corrected chi connectivity index (χ0v) is 17.7. The first-order valence-corrected chi connectivity index (χ1v) is 10.8. The van der Waals surface area contributed by atoms with Gasteiger partial charge in [-0.2, -0.15) is 0 Å². The van der Waals surface area contributed by atoms with E-state index >= 15 is 0 Å². The van der Waals surface area contributed by atoms with Crippen LogP contribution in [0.2, 0.25) is 0 Å². The Kier molecular flexibility index (Phi) is 7.34. The molecule has 1 atom stereocenters. The smallest absolute Gasteiger partial charge is 0.309 e. The summed E-state index contributed by atoms with van der Waals surface area (Å²) in [5.74, 6) is -0.381. The first-order chi connectivity index (χ1) is 12.7. The van der Waals surface area contributed by atoms with Crippen molar-refractivity contribution in [3.8, 4) is 0 Å². The number of esters is 1. The molecular weight excluding hydrogens is 342 g/mol. The van der Waals surface area contributed by atoms with Gasteiger partial charge in [0.25, 0.3) is 0 Å². The predicted molar refractivity (Wildman–Crippen MR) is 106 cm³/mol. The molecule has 156 valence electrons. The summed E-state index contributed by atoms with van der Waals surface area (Å²) in [7, 11) is 0. The molecule has 2 aliphatic rings. The Balaban J connectivity index is 2.15. The molecule has 0 aromatic rings. The Bertz CT molecular complexity index is 511. The average Bonchev–Trinajstić information content (AvgIpc) is 3.23. The quantitative estimate of drug-likeness (QED) is 0.620. The monoisotopic (exact) mass is 381 g/mol. The first kappa shape index (κ1) is 22.2. The van der Waals surface area contributed by atoms with E-state index in [0.717, 1.165) is 64.2 Å². The molecule has 1 amide bonds. The van der Waals surface area contributed by atoms with Crippen molar-refractivity contribution in [2.24, 2.45) is 11.3 Å². The van der Waals surface area contributed by atoms with Gasteiger partial charge in [-0.25, -0.2) is 0 Å².